The number of ether oxygens (including phenoxy) is 2. The zero-order chi connectivity index (χ0) is 43.4. The Morgan fingerprint density at radius 3 is 1.42 bits per heavy atom. The number of quaternary nitrogens is 1. The van der Waals surface area contributed by atoms with E-state index < -0.39 is 13.9 Å². The van der Waals surface area contributed by atoms with Gasteiger partial charge in [0.05, 0.1) is 34.4 Å². The Labute approximate surface area is 365 Å². The third kappa shape index (κ3) is 47.6. The van der Waals surface area contributed by atoms with Crippen LogP contribution in [0.5, 0.6) is 0 Å². The third-order valence-electron chi connectivity index (χ3n) is 10.7. The second-order valence-corrected chi connectivity index (χ2v) is 19.2. The summed E-state index contributed by atoms with van der Waals surface area (Å²) in [6.07, 6.45) is 51.5. The largest absolute Gasteiger partial charge is 0.756 e. The van der Waals surface area contributed by atoms with Crippen molar-refractivity contribution in [3.8, 4) is 0 Å². The molecular weight excluding hydrogens is 758 g/mol. The van der Waals surface area contributed by atoms with Crippen molar-refractivity contribution in [1.29, 1.82) is 0 Å². The quantitative estimate of drug-likeness (QED) is 0.0198. The molecule has 0 radical (unpaired) electrons. The van der Waals surface area contributed by atoms with Crippen molar-refractivity contribution in [2.75, 3.05) is 54.1 Å². The molecule has 348 valence electrons. The number of phosphoric ester groups is 1. The van der Waals surface area contributed by atoms with Crippen molar-refractivity contribution in [1.82, 2.24) is 0 Å². The Hall–Kier alpha value is -1.28. The summed E-state index contributed by atoms with van der Waals surface area (Å²) in [7, 11) is 1.35. The number of nitrogens with zero attached hydrogens (tertiary/aromatic N) is 1. The lowest BCUT2D eigenvalue weighted by molar-refractivity contribution is -0.870. The number of carbonyl (C=O) groups is 1. The second-order valence-electron chi connectivity index (χ2n) is 17.8. The van der Waals surface area contributed by atoms with Crippen LogP contribution in [0, 0.1) is 0 Å². The smallest absolute Gasteiger partial charge is 0.306 e. The van der Waals surface area contributed by atoms with E-state index in [-0.39, 0.29) is 25.8 Å². The maximum atomic E-state index is 12.7. The lowest BCUT2D eigenvalue weighted by atomic mass is 10.1. The number of hydrogen-bond acceptors (Lipinski definition) is 7. The molecule has 2 unspecified atom stereocenters. The Bertz CT molecular complexity index is 1040. The molecule has 0 aromatic rings. The highest BCUT2D eigenvalue weighted by molar-refractivity contribution is 7.45. The van der Waals surface area contributed by atoms with E-state index in [9.17, 15) is 14.3 Å². The summed E-state index contributed by atoms with van der Waals surface area (Å²) in [5.41, 5.74) is 0. The Morgan fingerprint density at radius 2 is 0.932 bits per heavy atom. The molecule has 0 fully saturated rings. The molecule has 0 aliphatic rings. The molecule has 0 rings (SSSR count). The number of carbonyl (C=O) groups excluding carboxylic acids is 1. The van der Waals surface area contributed by atoms with Crippen LogP contribution < -0.4 is 4.89 Å². The number of hydrogen-bond donors (Lipinski definition) is 0. The third-order valence-corrected chi connectivity index (χ3v) is 11.6. The van der Waals surface area contributed by atoms with Crippen molar-refractivity contribution in [2.45, 2.75) is 225 Å². The number of rotatable bonds is 46. The molecule has 0 aromatic carbocycles. The van der Waals surface area contributed by atoms with Gasteiger partial charge >= 0.3 is 5.97 Å². The molecule has 0 aliphatic heterocycles. The zero-order valence-electron chi connectivity index (χ0n) is 39.5. The normalized spacial score (nSPS) is 13.9. The maximum Gasteiger partial charge on any atom is 0.306 e. The first-order valence-corrected chi connectivity index (χ1v) is 26.2. The van der Waals surface area contributed by atoms with Crippen LogP contribution >= 0.6 is 7.82 Å². The molecule has 0 aliphatic carbocycles. The zero-order valence-corrected chi connectivity index (χ0v) is 40.4. The summed E-state index contributed by atoms with van der Waals surface area (Å²) in [5, 5.41) is 0. The van der Waals surface area contributed by atoms with Gasteiger partial charge in [0.1, 0.15) is 19.3 Å². The molecule has 8 nitrogen and oxygen atoms in total. The van der Waals surface area contributed by atoms with Crippen LogP contribution in [0.15, 0.2) is 36.5 Å². The number of esters is 1. The maximum absolute atomic E-state index is 12.7. The van der Waals surface area contributed by atoms with E-state index in [1.165, 1.54) is 161 Å². The molecule has 0 amide bonds. The molecule has 9 heteroatoms. The fraction of sp³-hybridized carbons (Fsp3) is 0.860. The molecule has 2 atom stereocenters. The standard InChI is InChI=1S/C50H96NO7P/c1-6-8-10-12-14-16-18-20-22-24-26-27-29-31-33-35-37-39-41-43-50(52)58-49(48-57-59(53,54)56-46-44-51(3,4)5)47-55-45-42-40-38-36-34-32-30-28-25-23-21-19-17-15-13-11-9-7-2/h14,16,20-23,49H,6-13,15,17-19,24-48H2,1-5H3/b16-14-,22-20-,23-21-. The summed E-state index contributed by atoms with van der Waals surface area (Å²) in [6, 6.07) is 0. The van der Waals surface area contributed by atoms with Gasteiger partial charge in [-0.15, -0.1) is 0 Å². The molecule has 0 aromatic heterocycles. The number of likely N-dealkylation sites (N-methyl/N-ethyl adjacent to an activating group) is 1. The average Bonchev–Trinajstić information content (AvgIpc) is 3.19. The Balaban J connectivity index is 4.17. The van der Waals surface area contributed by atoms with E-state index >= 15 is 0 Å². The topological polar surface area (TPSA) is 94.1 Å². The highest BCUT2D eigenvalue weighted by Gasteiger charge is 2.20. The van der Waals surface area contributed by atoms with Crippen LogP contribution in [0.25, 0.3) is 0 Å². The molecule has 0 N–H and O–H groups in total. The van der Waals surface area contributed by atoms with Gasteiger partial charge < -0.3 is 27.9 Å². The van der Waals surface area contributed by atoms with E-state index in [1.807, 2.05) is 21.1 Å². The monoisotopic (exact) mass is 854 g/mol. The van der Waals surface area contributed by atoms with E-state index in [0.717, 1.165) is 38.5 Å². The van der Waals surface area contributed by atoms with Gasteiger partial charge in [-0.05, 0) is 70.6 Å². The van der Waals surface area contributed by atoms with Crippen molar-refractivity contribution in [2.24, 2.45) is 0 Å². The van der Waals surface area contributed by atoms with Crippen molar-refractivity contribution in [3.63, 3.8) is 0 Å². The minimum absolute atomic E-state index is 0.0249. The summed E-state index contributed by atoms with van der Waals surface area (Å²) < 4.78 is 34.7. The molecule has 0 heterocycles. The van der Waals surface area contributed by atoms with Crippen LogP contribution in [0.4, 0.5) is 0 Å². The minimum Gasteiger partial charge on any atom is -0.756 e. The molecule has 0 bridgehead atoms. The van der Waals surface area contributed by atoms with Gasteiger partial charge in [0.15, 0.2) is 0 Å². The number of allylic oxidation sites excluding steroid dienone is 6. The van der Waals surface area contributed by atoms with Gasteiger partial charge in [-0.1, -0.05) is 179 Å². The van der Waals surface area contributed by atoms with E-state index in [4.69, 9.17) is 18.5 Å². The fourth-order valence-electron chi connectivity index (χ4n) is 6.81. The van der Waals surface area contributed by atoms with E-state index in [1.54, 1.807) is 0 Å². The molecular formula is C50H96NO7P. The van der Waals surface area contributed by atoms with Crippen molar-refractivity contribution < 1.29 is 37.3 Å². The predicted molar refractivity (Wildman–Crippen MR) is 250 cm³/mol. The molecule has 0 spiro atoms. The number of unbranched alkanes of at least 4 members (excludes halogenated alkanes) is 26. The van der Waals surface area contributed by atoms with Gasteiger partial charge in [-0.25, -0.2) is 0 Å². The molecule has 0 saturated carbocycles. The first-order valence-electron chi connectivity index (χ1n) is 24.7. The van der Waals surface area contributed by atoms with E-state index in [0.29, 0.717) is 24.1 Å². The van der Waals surface area contributed by atoms with Crippen molar-refractivity contribution in [3.05, 3.63) is 36.5 Å². The minimum atomic E-state index is -4.53. The highest BCUT2D eigenvalue weighted by Crippen LogP contribution is 2.38. The lowest BCUT2D eigenvalue weighted by Crippen LogP contribution is -2.37. The molecule has 59 heavy (non-hydrogen) atoms. The Morgan fingerprint density at radius 1 is 0.525 bits per heavy atom. The van der Waals surface area contributed by atoms with Crippen LogP contribution in [0.1, 0.15) is 219 Å². The molecule has 0 saturated heterocycles. The summed E-state index contributed by atoms with van der Waals surface area (Å²) >= 11 is 0. The SMILES string of the molecule is CCCCC/C=C\C/C=C\CCCCCCCCCCCC(=O)OC(COCCCCCCCCCC/C=C\CCCCCCCC)COP(=O)([O-])OCC[N+](C)(C)C. The van der Waals surface area contributed by atoms with Gasteiger partial charge in [-0.2, -0.15) is 0 Å². The highest BCUT2D eigenvalue weighted by atomic mass is 31.2. The van der Waals surface area contributed by atoms with Crippen LogP contribution in [0.2, 0.25) is 0 Å². The fourth-order valence-corrected chi connectivity index (χ4v) is 7.54. The van der Waals surface area contributed by atoms with Gasteiger partial charge in [0, 0.05) is 13.0 Å². The van der Waals surface area contributed by atoms with Gasteiger partial charge in [-0.3, -0.25) is 9.36 Å². The summed E-state index contributed by atoms with van der Waals surface area (Å²) in [5.74, 6) is -0.338. The summed E-state index contributed by atoms with van der Waals surface area (Å²) in [4.78, 5) is 25.1. The summed E-state index contributed by atoms with van der Waals surface area (Å²) in [6.45, 7) is 5.40. The van der Waals surface area contributed by atoms with Crippen molar-refractivity contribution >= 4 is 13.8 Å². The first kappa shape index (κ1) is 57.7. The van der Waals surface area contributed by atoms with Crippen LogP contribution in [0.3, 0.4) is 0 Å². The van der Waals surface area contributed by atoms with E-state index in [2.05, 4.69) is 50.3 Å². The first-order chi connectivity index (χ1) is 28.6. The lowest BCUT2D eigenvalue weighted by Gasteiger charge is -2.28. The predicted octanol–water partition coefficient (Wildman–Crippen LogP) is 14.3. The number of phosphoric acid groups is 1. The van der Waals surface area contributed by atoms with Gasteiger partial charge in [0.25, 0.3) is 7.82 Å². The Kier molecular flexibility index (Phi) is 42.4. The second kappa shape index (κ2) is 43.4. The van der Waals surface area contributed by atoms with Crippen LogP contribution in [-0.2, 0) is 27.9 Å². The van der Waals surface area contributed by atoms with Gasteiger partial charge in [0.2, 0.25) is 0 Å². The van der Waals surface area contributed by atoms with Crippen LogP contribution in [-0.4, -0.2) is 70.7 Å². The average molecular weight is 854 g/mol.